The number of non-ortho nitro benzene ring substituents is 1. The molecule has 0 unspecified atom stereocenters. The van der Waals surface area contributed by atoms with E-state index in [0.717, 1.165) is 19.5 Å². The number of benzene rings is 4. The lowest BCUT2D eigenvalue weighted by molar-refractivity contribution is -0.384. The van der Waals surface area contributed by atoms with Crippen molar-refractivity contribution in [1.29, 1.82) is 0 Å². The Balaban J connectivity index is 1.29. The Morgan fingerprint density at radius 1 is 0.826 bits per heavy atom. The summed E-state index contributed by atoms with van der Waals surface area (Å²) in [5, 5.41) is 22.4. The van der Waals surface area contributed by atoms with Crippen LogP contribution in [-0.4, -0.2) is 81.6 Å². The summed E-state index contributed by atoms with van der Waals surface area (Å²) in [6, 6.07) is 37.7. The topological polar surface area (TPSA) is 99.4 Å². The lowest BCUT2D eigenvalue weighted by Gasteiger charge is -2.37. The maximum Gasteiger partial charge on any atom is 0.410 e. The highest BCUT2D eigenvalue weighted by Crippen LogP contribution is 2.52. The van der Waals surface area contributed by atoms with Gasteiger partial charge >= 0.3 is 6.09 Å². The number of carbonyl (C=O) groups excluding carboxylic acids is 1. The number of likely N-dealkylation sites (tertiary alicyclic amines) is 1. The summed E-state index contributed by atoms with van der Waals surface area (Å²) in [6.07, 6.45) is 0.391. The number of rotatable bonds is 10. The Kier molecular flexibility index (Phi) is 9.99. The molecule has 0 radical (unpaired) electrons. The third kappa shape index (κ3) is 7.10. The number of hydroxylamine groups is 2. The average molecular weight is 639 g/mol. The second-order valence-corrected chi connectivity index (χ2v) is 13.3. The van der Waals surface area contributed by atoms with E-state index in [1.807, 2.05) is 34.9 Å². The summed E-state index contributed by atoms with van der Waals surface area (Å²) in [7, 11) is 0. The van der Waals surface area contributed by atoms with Crippen molar-refractivity contribution in [3.63, 3.8) is 0 Å². The number of hydrogen-bond acceptors (Lipinski definition) is 8. The fourth-order valence-corrected chi connectivity index (χ4v) is 8.36. The van der Waals surface area contributed by atoms with Gasteiger partial charge in [-0.25, -0.2) is 4.79 Å². The largest absolute Gasteiger partial charge is 0.445 e. The van der Waals surface area contributed by atoms with Crippen LogP contribution < -0.4 is 0 Å². The molecule has 1 amide bonds. The molecule has 10 heteroatoms. The van der Waals surface area contributed by atoms with Crippen LogP contribution in [0.15, 0.2) is 115 Å². The van der Waals surface area contributed by atoms with Gasteiger partial charge in [0.1, 0.15) is 6.61 Å². The van der Waals surface area contributed by atoms with E-state index in [2.05, 4.69) is 77.7 Å². The highest BCUT2D eigenvalue weighted by molar-refractivity contribution is 8.01. The number of nitro benzene ring substituents is 1. The molecule has 2 aliphatic heterocycles. The number of hydrogen-bond donors (Lipinski definition) is 1. The van der Waals surface area contributed by atoms with E-state index < -0.39 is 15.8 Å². The first-order chi connectivity index (χ1) is 22.4. The second kappa shape index (κ2) is 14.5. The van der Waals surface area contributed by atoms with Crippen molar-refractivity contribution in [2.24, 2.45) is 0 Å². The van der Waals surface area contributed by atoms with E-state index in [9.17, 15) is 20.1 Å². The second-order valence-electron chi connectivity index (χ2n) is 11.8. The minimum atomic E-state index is -0.514. The van der Waals surface area contributed by atoms with Crippen LogP contribution in [0.2, 0.25) is 0 Å². The van der Waals surface area contributed by atoms with Crippen molar-refractivity contribution in [3.05, 3.63) is 148 Å². The zero-order valence-electron chi connectivity index (χ0n) is 25.6. The molecule has 0 bridgehead atoms. The van der Waals surface area contributed by atoms with Gasteiger partial charge in [0.05, 0.1) is 9.67 Å². The van der Waals surface area contributed by atoms with Gasteiger partial charge in [-0.1, -0.05) is 91.0 Å². The molecule has 0 aliphatic carbocycles. The summed E-state index contributed by atoms with van der Waals surface area (Å²) in [6.45, 7) is 3.80. The molecule has 238 valence electrons. The van der Waals surface area contributed by atoms with Crippen molar-refractivity contribution in [1.82, 2.24) is 14.9 Å². The summed E-state index contributed by atoms with van der Waals surface area (Å²) in [5.41, 5.74) is 4.21. The molecule has 46 heavy (non-hydrogen) atoms. The molecule has 2 fully saturated rings. The van der Waals surface area contributed by atoms with Crippen molar-refractivity contribution >= 4 is 23.5 Å². The molecule has 0 saturated carbocycles. The van der Waals surface area contributed by atoms with Crippen LogP contribution in [-0.2, 0) is 16.1 Å². The number of nitrogens with zero attached hydrogens (tertiary/aromatic N) is 4. The van der Waals surface area contributed by atoms with Crippen LogP contribution in [0.1, 0.15) is 28.7 Å². The maximum atomic E-state index is 13.7. The summed E-state index contributed by atoms with van der Waals surface area (Å²) in [5.74, 6) is 0. The Hall–Kier alpha value is -4.22. The van der Waals surface area contributed by atoms with Crippen LogP contribution in [0.5, 0.6) is 0 Å². The molecule has 4 aromatic rings. The first-order valence-corrected chi connectivity index (χ1v) is 16.5. The van der Waals surface area contributed by atoms with Crippen molar-refractivity contribution in [2.45, 2.75) is 29.1 Å². The van der Waals surface area contributed by atoms with Crippen molar-refractivity contribution < 1.29 is 19.7 Å². The molecule has 2 heterocycles. The van der Waals surface area contributed by atoms with E-state index in [1.54, 1.807) is 12.1 Å². The van der Waals surface area contributed by atoms with Crippen LogP contribution in [0.3, 0.4) is 0 Å². The van der Waals surface area contributed by atoms with Gasteiger partial charge in [0, 0.05) is 62.7 Å². The Bertz CT molecular complexity index is 1490. The summed E-state index contributed by atoms with van der Waals surface area (Å²) < 4.78 is 5.31. The molecule has 6 rings (SSSR count). The van der Waals surface area contributed by atoms with Crippen LogP contribution in [0.25, 0.3) is 0 Å². The van der Waals surface area contributed by atoms with E-state index in [0.29, 0.717) is 31.7 Å². The maximum absolute atomic E-state index is 13.7. The van der Waals surface area contributed by atoms with E-state index >= 15 is 0 Å². The standard InChI is InChI=1S/C36H38N4O5S/c41-35(45-27-28-16-18-32(19-17-28)40(43)44)39-26-34(24-33(39)25-37-20-22-38(42)23-21-37)46-36(29-10-4-1-5-11-29,30-12-6-2-7-13-30)31-14-8-3-9-15-31/h1-19,33-34,42H,20-27H2/t33-,34-/m0/s1. The van der Waals surface area contributed by atoms with Gasteiger partial charge in [0.15, 0.2) is 0 Å². The molecule has 2 aliphatic rings. The molecule has 0 spiro atoms. The number of ether oxygens (including phenoxy) is 1. The molecule has 2 atom stereocenters. The fourth-order valence-electron chi connectivity index (χ4n) is 6.49. The monoisotopic (exact) mass is 638 g/mol. The average Bonchev–Trinajstić information content (AvgIpc) is 3.50. The lowest BCUT2D eigenvalue weighted by Crippen LogP contribution is -2.50. The first kappa shape index (κ1) is 31.7. The SMILES string of the molecule is O=C(OCc1ccc([N+](=O)[O-])cc1)N1C[C@@H](SC(c2ccccc2)(c2ccccc2)c2ccccc2)C[C@H]1CN1CCN(O)CC1. The van der Waals surface area contributed by atoms with Crippen LogP contribution >= 0.6 is 11.8 Å². The van der Waals surface area contributed by atoms with Gasteiger partial charge in [0.2, 0.25) is 0 Å². The smallest absolute Gasteiger partial charge is 0.410 e. The molecule has 2 saturated heterocycles. The summed E-state index contributed by atoms with van der Waals surface area (Å²) in [4.78, 5) is 28.5. The van der Waals surface area contributed by atoms with Gasteiger partial charge in [-0.2, -0.15) is 5.06 Å². The predicted molar refractivity (Wildman–Crippen MR) is 179 cm³/mol. The van der Waals surface area contributed by atoms with E-state index in [1.165, 1.54) is 33.9 Å². The third-order valence-corrected chi connectivity index (χ3v) is 10.6. The number of thioether (sulfide) groups is 1. The van der Waals surface area contributed by atoms with Gasteiger partial charge in [-0.3, -0.25) is 15.0 Å². The third-order valence-electron chi connectivity index (χ3n) is 8.82. The first-order valence-electron chi connectivity index (χ1n) is 15.6. The van der Waals surface area contributed by atoms with Crippen molar-refractivity contribution in [3.8, 4) is 0 Å². The minimum Gasteiger partial charge on any atom is -0.445 e. The van der Waals surface area contributed by atoms with Gasteiger partial charge in [-0.15, -0.1) is 11.8 Å². The summed E-state index contributed by atoms with van der Waals surface area (Å²) >= 11 is 1.89. The lowest BCUT2D eigenvalue weighted by atomic mass is 9.84. The van der Waals surface area contributed by atoms with Gasteiger partial charge in [0.25, 0.3) is 5.69 Å². The Labute approximate surface area is 273 Å². The normalized spacial score (nSPS) is 19.2. The Morgan fingerprint density at radius 3 is 1.85 bits per heavy atom. The zero-order chi connectivity index (χ0) is 31.9. The number of amides is 1. The number of carbonyl (C=O) groups is 1. The quantitative estimate of drug-likeness (QED) is 0.121. The van der Waals surface area contributed by atoms with Crippen molar-refractivity contribution in [2.75, 3.05) is 39.3 Å². The predicted octanol–water partition coefficient (Wildman–Crippen LogP) is 6.41. The zero-order valence-corrected chi connectivity index (χ0v) is 26.4. The Morgan fingerprint density at radius 2 is 1.35 bits per heavy atom. The highest BCUT2D eigenvalue weighted by atomic mass is 32.2. The van der Waals surface area contributed by atoms with Gasteiger partial charge < -0.3 is 14.8 Å². The van der Waals surface area contributed by atoms with Gasteiger partial charge in [-0.05, 0) is 40.8 Å². The number of piperazine rings is 1. The van der Waals surface area contributed by atoms with Crippen LogP contribution in [0, 0.1) is 10.1 Å². The molecule has 1 N–H and O–H groups in total. The van der Waals surface area contributed by atoms with Crippen LogP contribution in [0.4, 0.5) is 10.5 Å². The van der Waals surface area contributed by atoms with E-state index in [4.69, 9.17) is 4.74 Å². The molecule has 4 aromatic carbocycles. The minimum absolute atomic E-state index is 0.00346. The molecule has 9 nitrogen and oxygen atoms in total. The molecular formula is C36H38N4O5S. The van der Waals surface area contributed by atoms with E-state index in [-0.39, 0.29) is 23.6 Å². The molecular weight excluding hydrogens is 600 g/mol. The fraction of sp³-hybridized carbons (Fsp3) is 0.306. The highest BCUT2D eigenvalue weighted by Gasteiger charge is 2.45. The number of nitro groups is 1. The molecule has 0 aromatic heterocycles.